The number of carbonyl (C=O) groups excluding carboxylic acids is 1. The van der Waals surface area contributed by atoms with Crippen LogP contribution in [0.15, 0.2) is 28.8 Å². The first-order chi connectivity index (χ1) is 11.0. The number of carbonyl (C=O) groups is 1. The number of aryl methyl sites for hydroxylation is 1. The highest BCUT2D eigenvalue weighted by Crippen LogP contribution is 2.20. The molecule has 6 nitrogen and oxygen atoms in total. The van der Waals surface area contributed by atoms with Gasteiger partial charge >= 0.3 is 0 Å². The molecule has 23 heavy (non-hydrogen) atoms. The standard InChI is InChI=1S/C16H19FN4O2/c1-11(15-18-12(2)19-23-15)20-6-8-21(9-7-20)16(22)13-4-3-5-14(17)10-13/h3-5,10-11H,6-9H2,1-2H3/t11-/m1/s1. The van der Waals surface area contributed by atoms with E-state index in [0.717, 1.165) is 0 Å². The van der Waals surface area contributed by atoms with Crippen LogP contribution in [0.1, 0.15) is 35.0 Å². The third-order valence-electron chi connectivity index (χ3n) is 4.12. The fraction of sp³-hybridized carbons (Fsp3) is 0.438. The van der Waals surface area contributed by atoms with E-state index < -0.39 is 5.82 Å². The molecule has 0 unspecified atom stereocenters. The van der Waals surface area contributed by atoms with Gasteiger partial charge in [-0.1, -0.05) is 11.2 Å². The van der Waals surface area contributed by atoms with Crippen molar-refractivity contribution in [1.82, 2.24) is 19.9 Å². The molecule has 1 aliphatic heterocycles. The van der Waals surface area contributed by atoms with Crippen molar-refractivity contribution in [3.05, 3.63) is 47.4 Å². The third kappa shape index (κ3) is 3.39. The van der Waals surface area contributed by atoms with Crippen LogP contribution in [0.4, 0.5) is 4.39 Å². The van der Waals surface area contributed by atoms with Crippen LogP contribution in [-0.4, -0.2) is 52.0 Å². The molecule has 2 heterocycles. The van der Waals surface area contributed by atoms with Crippen molar-refractivity contribution in [2.75, 3.05) is 26.2 Å². The molecule has 1 aromatic heterocycles. The molecule has 1 fully saturated rings. The number of amides is 1. The summed E-state index contributed by atoms with van der Waals surface area (Å²) in [5, 5.41) is 3.81. The number of rotatable bonds is 3. The summed E-state index contributed by atoms with van der Waals surface area (Å²) in [5.41, 5.74) is 0.388. The number of piperazine rings is 1. The Balaban J connectivity index is 1.61. The van der Waals surface area contributed by atoms with Crippen LogP contribution in [0.2, 0.25) is 0 Å². The maximum atomic E-state index is 13.3. The smallest absolute Gasteiger partial charge is 0.254 e. The van der Waals surface area contributed by atoms with E-state index in [-0.39, 0.29) is 11.9 Å². The molecule has 0 N–H and O–H groups in total. The lowest BCUT2D eigenvalue weighted by molar-refractivity contribution is 0.0551. The van der Waals surface area contributed by atoms with Gasteiger partial charge in [0, 0.05) is 31.7 Å². The highest BCUT2D eigenvalue weighted by atomic mass is 19.1. The average molecular weight is 318 g/mol. The van der Waals surface area contributed by atoms with Gasteiger partial charge < -0.3 is 9.42 Å². The van der Waals surface area contributed by atoms with Crippen LogP contribution in [0.5, 0.6) is 0 Å². The zero-order chi connectivity index (χ0) is 16.4. The van der Waals surface area contributed by atoms with Crippen molar-refractivity contribution in [2.24, 2.45) is 0 Å². The Bertz CT molecular complexity index is 695. The second-order valence-electron chi connectivity index (χ2n) is 5.69. The largest absolute Gasteiger partial charge is 0.338 e. The van der Waals surface area contributed by atoms with Gasteiger partial charge in [0.2, 0.25) is 5.89 Å². The topological polar surface area (TPSA) is 62.5 Å². The molecule has 1 aliphatic rings. The van der Waals surface area contributed by atoms with Gasteiger partial charge in [0.1, 0.15) is 5.82 Å². The average Bonchev–Trinajstić information content (AvgIpc) is 3.00. The van der Waals surface area contributed by atoms with Crippen molar-refractivity contribution in [3.8, 4) is 0 Å². The van der Waals surface area contributed by atoms with E-state index in [1.807, 2.05) is 6.92 Å². The first kappa shape index (κ1) is 15.6. The van der Waals surface area contributed by atoms with E-state index in [0.29, 0.717) is 43.5 Å². The Morgan fingerprint density at radius 1 is 1.30 bits per heavy atom. The first-order valence-electron chi connectivity index (χ1n) is 7.63. The number of nitrogens with zero attached hydrogens (tertiary/aromatic N) is 4. The Labute approximate surface area is 133 Å². The van der Waals surface area contributed by atoms with Gasteiger partial charge in [-0.25, -0.2) is 4.39 Å². The van der Waals surface area contributed by atoms with Gasteiger partial charge in [-0.05, 0) is 32.0 Å². The van der Waals surface area contributed by atoms with Crippen LogP contribution in [0.3, 0.4) is 0 Å². The monoisotopic (exact) mass is 318 g/mol. The second kappa shape index (κ2) is 6.45. The molecule has 1 amide bonds. The van der Waals surface area contributed by atoms with Gasteiger partial charge in [-0.2, -0.15) is 4.98 Å². The molecular weight excluding hydrogens is 299 g/mol. The van der Waals surface area contributed by atoms with Crippen LogP contribution in [-0.2, 0) is 0 Å². The molecule has 0 radical (unpaired) electrons. The number of halogens is 1. The molecule has 2 aromatic rings. The number of hydrogen-bond donors (Lipinski definition) is 0. The zero-order valence-corrected chi connectivity index (χ0v) is 13.2. The zero-order valence-electron chi connectivity index (χ0n) is 13.2. The number of hydrogen-bond acceptors (Lipinski definition) is 5. The van der Waals surface area contributed by atoms with Crippen molar-refractivity contribution in [1.29, 1.82) is 0 Å². The van der Waals surface area contributed by atoms with Crippen molar-refractivity contribution in [2.45, 2.75) is 19.9 Å². The van der Waals surface area contributed by atoms with Gasteiger partial charge in [0.05, 0.1) is 6.04 Å². The predicted molar refractivity (Wildman–Crippen MR) is 81.3 cm³/mol. The molecule has 0 aliphatic carbocycles. The van der Waals surface area contributed by atoms with E-state index >= 15 is 0 Å². The fourth-order valence-corrected chi connectivity index (χ4v) is 2.76. The van der Waals surface area contributed by atoms with Gasteiger partial charge in [-0.15, -0.1) is 0 Å². The second-order valence-corrected chi connectivity index (χ2v) is 5.69. The van der Waals surface area contributed by atoms with Crippen LogP contribution >= 0.6 is 0 Å². The molecule has 0 spiro atoms. The van der Waals surface area contributed by atoms with Crippen molar-refractivity contribution >= 4 is 5.91 Å². The van der Waals surface area contributed by atoms with Crippen LogP contribution in [0.25, 0.3) is 0 Å². The predicted octanol–water partition coefficient (Wildman–Crippen LogP) is 2.04. The molecule has 122 valence electrons. The first-order valence-corrected chi connectivity index (χ1v) is 7.63. The SMILES string of the molecule is Cc1noc([C@@H](C)N2CCN(C(=O)c3cccc(F)c3)CC2)n1. The molecule has 1 atom stereocenters. The van der Waals surface area contributed by atoms with E-state index in [2.05, 4.69) is 15.0 Å². The van der Waals surface area contributed by atoms with E-state index in [4.69, 9.17) is 4.52 Å². The summed E-state index contributed by atoms with van der Waals surface area (Å²) in [7, 11) is 0. The quantitative estimate of drug-likeness (QED) is 0.866. The summed E-state index contributed by atoms with van der Waals surface area (Å²) in [4.78, 5) is 20.6. The minimum Gasteiger partial charge on any atom is -0.338 e. The van der Waals surface area contributed by atoms with Crippen molar-refractivity contribution in [3.63, 3.8) is 0 Å². The lowest BCUT2D eigenvalue weighted by Gasteiger charge is -2.36. The normalized spacial score (nSPS) is 17.3. The maximum Gasteiger partial charge on any atom is 0.254 e. The number of benzene rings is 1. The van der Waals surface area contributed by atoms with E-state index in [1.54, 1.807) is 24.0 Å². The third-order valence-corrected chi connectivity index (χ3v) is 4.12. The summed E-state index contributed by atoms with van der Waals surface area (Å²) in [6.07, 6.45) is 0. The highest BCUT2D eigenvalue weighted by molar-refractivity contribution is 5.94. The van der Waals surface area contributed by atoms with E-state index in [1.165, 1.54) is 12.1 Å². The molecule has 3 rings (SSSR count). The van der Waals surface area contributed by atoms with Crippen LogP contribution in [0, 0.1) is 12.7 Å². The molecule has 7 heteroatoms. The fourth-order valence-electron chi connectivity index (χ4n) is 2.76. The summed E-state index contributed by atoms with van der Waals surface area (Å²) in [6.45, 7) is 6.40. The minimum atomic E-state index is -0.394. The number of aromatic nitrogens is 2. The summed E-state index contributed by atoms with van der Waals surface area (Å²) in [5.74, 6) is 0.680. The summed E-state index contributed by atoms with van der Waals surface area (Å²) >= 11 is 0. The Kier molecular flexibility index (Phi) is 4.38. The van der Waals surface area contributed by atoms with Crippen molar-refractivity contribution < 1.29 is 13.7 Å². The highest BCUT2D eigenvalue weighted by Gasteiger charge is 2.27. The molecular formula is C16H19FN4O2. The Hall–Kier alpha value is -2.28. The lowest BCUT2D eigenvalue weighted by Crippen LogP contribution is -2.49. The maximum absolute atomic E-state index is 13.3. The van der Waals surface area contributed by atoms with E-state index in [9.17, 15) is 9.18 Å². The van der Waals surface area contributed by atoms with Gasteiger partial charge in [0.25, 0.3) is 5.91 Å². The summed E-state index contributed by atoms with van der Waals surface area (Å²) in [6, 6.07) is 5.82. The lowest BCUT2D eigenvalue weighted by atomic mass is 10.1. The minimum absolute atomic E-state index is 0.0163. The molecule has 1 saturated heterocycles. The summed E-state index contributed by atoms with van der Waals surface area (Å²) < 4.78 is 18.5. The Morgan fingerprint density at radius 2 is 2.04 bits per heavy atom. The van der Waals surface area contributed by atoms with Gasteiger partial charge in [-0.3, -0.25) is 9.69 Å². The van der Waals surface area contributed by atoms with Gasteiger partial charge in [0.15, 0.2) is 5.82 Å². The Morgan fingerprint density at radius 3 is 2.65 bits per heavy atom. The molecule has 0 saturated carbocycles. The molecule has 1 aromatic carbocycles. The molecule has 0 bridgehead atoms. The van der Waals surface area contributed by atoms with Crippen LogP contribution < -0.4 is 0 Å².